The second-order valence-electron chi connectivity index (χ2n) is 3.89. The Labute approximate surface area is 130 Å². The Morgan fingerprint density at radius 2 is 2.35 bits per heavy atom. The molecule has 1 amide bonds. The molecule has 1 unspecified atom stereocenters. The lowest BCUT2D eigenvalue weighted by molar-refractivity contribution is -0.115. The van der Waals surface area contributed by atoms with Crippen LogP contribution >= 0.6 is 34.7 Å². The average molecular weight is 329 g/mol. The van der Waals surface area contributed by atoms with E-state index in [2.05, 4.69) is 10.3 Å². The van der Waals surface area contributed by atoms with Crippen LogP contribution in [0.2, 0.25) is 5.02 Å². The predicted octanol–water partition coefficient (Wildman–Crippen LogP) is 3.92. The van der Waals surface area contributed by atoms with E-state index in [9.17, 15) is 4.79 Å². The first kappa shape index (κ1) is 15.2. The van der Waals surface area contributed by atoms with E-state index in [-0.39, 0.29) is 11.2 Å². The Balaban J connectivity index is 2.05. The summed E-state index contributed by atoms with van der Waals surface area (Å²) >= 11 is 8.86. The van der Waals surface area contributed by atoms with Gasteiger partial charge in [0.1, 0.15) is 5.75 Å². The van der Waals surface area contributed by atoms with Crippen molar-refractivity contribution in [3.8, 4) is 5.75 Å². The molecular weight excluding hydrogens is 316 g/mol. The summed E-state index contributed by atoms with van der Waals surface area (Å²) in [5, 5.41) is 4.99. The first-order chi connectivity index (χ1) is 9.60. The van der Waals surface area contributed by atoms with Crippen molar-refractivity contribution in [2.45, 2.75) is 16.5 Å². The topological polar surface area (TPSA) is 51.2 Å². The van der Waals surface area contributed by atoms with Crippen molar-refractivity contribution in [3.05, 3.63) is 34.8 Å². The number of anilines is 1. The summed E-state index contributed by atoms with van der Waals surface area (Å²) in [6.45, 7) is 1.83. The van der Waals surface area contributed by atoms with E-state index in [0.29, 0.717) is 16.5 Å². The lowest BCUT2D eigenvalue weighted by Gasteiger charge is -2.13. The maximum absolute atomic E-state index is 12.2. The van der Waals surface area contributed by atoms with Gasteiger partial charge in [-0.3, -0.25) is 4.79 Å². The van der Waals surface area contributed by atoms with Gasteiger partial charge in [0.25, 0.3) is 0 Å². The third-order valence-corrected chi connectivity index (χ3v) is 4.73. The second kappa shape index (κ2) is 6.97. The molecule has 20 heavy (non-hydrogen) atoms. The Bertz CT molecular complexity index is 590. The zero-order chi connectivity index (χ0) is 14.5. The van der Waals surface area contributed by atoms with Crippen molar-refractivity contribution in [2.24, 2.45) is 0 Å². The highest BCUT2D eigenvalue weighted by molar-refractivity contribution is 8.02. The minimum Gasteiger partial charge on any atom is -0.495 e. The van der Waals surface area contributed by atoms with Gasteiger partial charge in [-0.25, -0.2) is 4.98 Å². The molecule has 1 aromatic heterocycles. The molecule has 0 radical (unpaired) electrons. The number of methoxy groups -OCH3 is 1. The van der Waals surface area contributed by atoms with Gasteiger partial charge in [0.05, 0.1) is 18.0 Å². The predicted molar refractivity (Wildman–Crippen MR) is 84.1 cm³/mol. The van der Waals surface area contributed by atoms with Crippen molar-refractivity contribution in [2.75, 3.05) is 12.4 Å². The van der Waals surface area contributed by atoms with Gasteiger partial charge in [-0.1, -0.05) is 23.4 Å². The average Bonchev–Trinajstić information content (AvgIpc) is 2.91. The fraction of sp³-hybridized carbons (Fsp3) is 0.231. The van der Waals surface area contributed by atoms with E-state index < -0.39 is 0 Å². The molecule has 106 valence electrons. The SMILES string of the molecule is COc1ccc(Cl)cc1NC(=O)C(C)Sc1nccs1. The van der Waals surface area contributed by atoms with Gasteiger partial charge in [-0.05, 0) is 25.1 Å². The smallest absolute Gasteiger partial charge is 0.237 e. The van der Waals surface area contributed by atoms with Crippen LogP contribution in [-0.2, 0) is 4.79 Å². The number of thioether (sulfide) groups is 1. The molecule has 0 aliphatic carbocycles. The fourth-order valence-corrected chi connectivity index (χ4v) is 3.43. The lowest BCUT2D eigenvalue weighted by atomic mass is 10.3. The van der Waals surface area contributed by atoms with Gasteiger partial charge < -0.3 is 10.1 Å². The molecule has 0 saturated carbocycles. The third kappa shape index (κ3) is 3.88. The van der Waals surface area contributed by atoms with Crippen LogP contribution < -0.4 is 10.1 Å². The number of hydrogen-bond donors (Lipinski definition) is 1. The summed E-state index contributed by atoms with van der Waals surface area (Å²) < 4.78 is 6.06. The number of carbonyl (C=O) groups is 1. The normalized spacial score (nSPS) is 11.9. The molecule has 0 fully saturated rings. The molecule has 4 nitrogen and oxygen atoms in total. The minimum atomic E-state index is -0.259. The second-order valence-corrected chi connectivity index (χ2v) is 6.81. The highest BCUT2D eigenvalue weighted by Gasteiger charge is 2.17. The van der Waals surface area contributed by atoms with Gasteiger partial charge >= 0.3 is 0 Å². The van der Waals surface area contributed by atoms with Crippen LogP contribution in [0.15, 0.2) is 34.1 Å². The molecule has 0 bridgehead atoms. The largest absolute Gasteiger partial charge is 0.495 e. The van der Waals surface area contributed by atoms with Gasteiger partial charge in [0, 0.05) is 16.6 Å². The molecule has 1 atom stereocenters. The molecule has 1 heterocycles. The summed E-state index contributed by atoms with van der Waals surface area (Å²) in [6, 6.07) is 5.10. The minimum absolute atomic E-state index is 0.120. The number of halogens is 1. The van der Waals surface area contributed by atoms with Gasteiger partial charge in [0.2, 0.25) is 5.91 Å². The van der Waals surface area contributed by atoms with Crippen molar-refractivity contribution in [3.63, 3.8) is 0 Å². The number of ether oxygens (including phenoxy) is 1. The molecule has 0 aliphatic heterocycles. The van der Waals surface area contributed by atoms with E-state index in [0.717, 1.165) is 4.34 Å². The molecule has 2 rings (SSSR count). The zero-order valence-electron chi connectivity index (χ0n) is 10.9. The molecule has 1 N–H and O–H groups in total. The van der Waals surface area contributed by atoms with Gasteiger partial charge in [-0.2, -0.15) is 0 Å². The summed E-state index contributed by atoms with van der Waals surface area (Å²) in [4.78, 5) is 16.3. The Morgan fingerprint density at radius 1 is 1.55 bits per heavy atom. The quantitative estimate of drug-likeness (QED) is 0.845. The zero-order valence-corrected chi connectivity index (χ0v) is 13.3. The maximum atomic E-state index is 12.2. The number of amides is 1. The number of nitrogens with one attached hydrogen (secondary N) is 1. The highest BCUT2D eigenvalue weighted by Crippen LogP contribution is 2.30. The number of aromatic nitrogens is 1. The van der Waals surface area contributed by atoms with Crippen molar-refractivity contribution in [1.29, 1.82) is 0 Å². The van der Waals surface area contributed by atoms with Crippen molar-refractivity contribution >= 4 is 46.3 Å². The summed E-state index contributed by atoms with van der Waals surface area (Å²) in [5.41, 5.74) is 0.566. The first-order valence-electron chi connectivity index (χ1n) is 5.80. The van der Waals surface area contributed by atoms with Crippen LogP contribution in [-0.4, -0.2) is 23.3 Å². The number of rotatable bonds is 5. The van der Waals surface area contributed by atoms with Crippen LogP contribution in [0.25, 0.3) is 0 Å². The van der Waals surface area contributed by atoms with Crippen LogP contribution in [0.5, 0.6) is 5.75 Å². The standard InChI is InChI=1S/C13H13ClN2O2S2/c1-8(20-13-15-5-6-19-13)12(17)16-10-7-9(14)3-4-11(10)18-2/h3-8H,1-2H3,(H,16,17). The highest BCUT2D eigenvalue weighted by atomic mass is 35.5. The molecule has 2 aromatic rings. The number of carbonyl (C=O) groups excluding carboxylic acids is 1. The monoisotopic (exact) mass is 328 g/mol. The van der Waals surface area contributed by atoms with Crippen molar-refractivity contribution < 1.29 is 9.53 Å². The number of benzene rings is 1. The molecular formula is C13H13ClN2O2S2. The van der Waals surface area contributed by atoms with Crippen LogP contribution in [0.4, 0.5) is 5.69 Å². The Hall–Kier alpha value is -1.24. The number of thiazole rings is 1. The van der Waals surface area contributed by atoms with E-state index in [1.165, 1.54) is 23.1 Å². The van der Waals surface area contributed by atoms with Gasteiger partial charge in [-0.15, -0.1) is 11.3 Å². The third-order valence-electron chi connectivity index (χ3n) is 2.48. The van der Waals surface area contributed by atoms with Crippen LogP contribution in [0.1, 0.15) is 6.92 Å². The molecule has 1 aromatic carbocycles. The molecule has 7 heteroatoms. The molecule has 0 aliphatic rings. The summed E-state index contributed by atoms with van der Waals surface area (Å²) in [7, 11) is 1.55. The maximum Gasteiger partial charge on any atom is 0.237 e. The number of nitrogens with zero attached hydrogens (tertiary/aromatic N) is 1. The van der Waals surface area contributed by atoms with Crippen LogP contribution in [0.3, 0.4) is 0 Å². The Kier molecular flexibility index (Phi) is 5.28. The molecule has 0 saturated heterocycles. The molecule has 0 spiro atoms. The fourth-order valence-electron chi connectivity index (χ4n) is 1.49. The van der Waals surface area contributed by atoms with E-state index in [4.69, 9.17) is 16.3 Å². The van der Waals surface area contributed by atoms with E-state index >= 15 is 0 Å². The van der Waals surface area contributed by atoms with Gasteiger partial charge in [0.15, 0.2) is 4.34 Å². The number of hydrogen-bond acceptors (Lipinski definition) is 5. The Morgan fingerprint density at radius 3 is 3.00 bits per heavy atom. The van der Waals surface area contributed by atoms with E-state index in [1.54, 1.807) is 31.5 Å². The van der Waals surface area contributed by atoms with E-state index in [1.807, 2.05) is 12.3 Å². The lowest BCUT2D eigenvalue weighted by Crippen LogP contribution is -2.22. The summed E-state index contributed by atoms with van der Waals surface area (Å²) in [6.07, 6.45) is 1.72. The summed E-state index contributed by atoms with van der Waals surface area (Å²) in [5.74, 6) is 0.458. The van der Waals surface area contributed by atoms with Crippen LogP contribution in [0, 0.1) is 0 Å². The first-order valence-corrected chi connectivity index (χ1v) is 7.94. The van der Waals surface area contributed by atoms with Crippen molar-refractivity contribution in [1.82, 2.24) is 4.98 Å².